The van der Waals surface area contributed by atoms with Gasteiger partial charge in [-0.1, -0.05) is 0 Å². The van der Waals surface area contributed by atoms with Crippen LogP contribution in [0.2, 0.25) is 0 Å². The number of phenolic OH excluding ortho intramolecular Hbond substituents is 1. The monoisotopic (exact) mass is 240 g/mol. The Morgan fingerprint density at radius 2 is 1.88 bits per heavy atom. The molecule has 1 saturated heterocycles. The summed E-state index contributed by atoms with van der Waals surface area (Å²) in [6.07, 6.45) is -0.223. The molecule has 1 aliphatic heterocycles. The Bertz CT molecular complexity index is 424. The largest absolute Gasteiger partial charge is 0.508 e. The van der Waals surface area contributed by atoms with Gasteiger partial charge >= 0.3 is 0 Å². The van der Waals surface area contributed by atoms with E-state index in [-0.39, 0.29) is 11.9 Å². The van der Waals surface area contributed by atoms with Crippen molar-refractivity contribution in [3.63, 3.8) is 0 Å². The summed E-state index contributed by atoms with van der Waals surface area (Å²) < 4.78 is 24.8. The van der Waals surface area contributed by atoms with Crippen LogP contribution < -0.4 is 0 Å². The van der Waals surface area contributed by atoms with Gasteiger partial charge < -0.3 is 14.6 Å². The van der Waals surface area contributed by atoms with Crippen molar-refractivity contribution in [2.45, 2.75) is 45.2 Å². The third-order valence-electron chi connectivity index (χ3n) is 3.15. The van der Waals surface area contributed by atoms with Crippen LogP contribution in [0.15, 0.2) is 18.2 Å². The molecule has 17 heavy (non-hydrogen) atoms. The van der Waals surface area contributed by atoms with E-state index >= 15 is 0 Å². The maximum absolute atomic E-state index is 13.3. The molecule has 0 spiro atoms. The number of aromatic hydroxyl groups is 1. The minimum absolute atomic E-state index is 0.110. The van der Waals surface area contributed by atoms with E-state index in [4.69, 9.17) is 9.47 Å². The molecule has 4 heteroatoms. The summed E-state index contributed by atoms with van der Waals surface area (Å²) in [4.78, 5) is 0. The first-order valence-corrected chi connectivity index (χ1v) is 5.61. The maximum Gasteiger partial charge on any atom is 0.164 e. The molecule has 1 aliphatic rings. The molecule has 2 atom stereocenters. The molecule has 1 fully saturated rings. The number of ether oxygens (including phenoxy) is 2. The Morgan fingerprint density at radius 1 is 1.24 bits per heavy atom. The zero-order valence-electron chi connectivity index (χ0n) is 10.5. The summed E-state index contributed by atoms with van der Waals surface area (Å²) in [7, 11) is 0. The van der Waals surface area contributed by atoms with E-state index in [9.17, 15) is 9.50 Å². The maximum atomic E-state index is 13.3. The predicted molar refractivity (Wildman–Crippen MR) is 61.1 cm³/mol. The van der Waals surface area contributed by atoms with Gasteiger partial charge in [0.25, 0.3) is 0 Å². The lowest BCUT2D eigenvalue weighted by Crippen LogP contribution is -2.32. The Hall–Kier alpha value is -1.13. The molecule has 0 saturated carbocycles. The highest BCUT2D eigenvalue weighted by Gasteiger charge is 2.49. The number of benzene rings is 1. The second-order valence-corrected chi connectivity index (χ2v) is 5.07. The second-order valence-electron chi connectivity index (χ2n) is 5.07. The molecule has 0 amide bonds. The molecule has 2 rings (SSSR count). The predicted octanol–water partition coefficient (Wildman–Crippen LogP) is 2.92. The van der Waals surface area contributed by atoms with Gasteiger partial charge in [-0.05, 0) is 45.4 Å². The number of hydrogen-bond acceptors (Lipinski definition) is 3. The van der Waals surface area contributed by atoms with Gasteiger partial charge in [-0.2, -0.15) is 0 Å². The number of rotatable bonds is 1. The number of halogens is 1. The first-order valence-electron chi connectivity index (χ1n) is 5.61. The van der Waals surface area contributed by atoms with Crippen LogP contribution in [0.4, 0.5) is 4.39 Å². The first-order chi connectivity index (χ1) is 7.73. The minimum Gasteiger partial charge on any atom is -0.508 e. The van der Waals surface area contributed by atoms with Crippen LogP contribution in [0.5, 0.6) is 5.75 Å². The SMILES string of the molecule is CC1OC(C)(C)OC1(C)c1cc(O)cc(F)c1. The minimum atomic E-state index is -0.761. The van der Waals surface area contributed by atoms with E-state index in [1.165, 1.54) is 12.1 Å². The van der Waals surface area contributed by atoms with E-state index in [0.717, 1.165) is 6.07 Å². The van der Waals surface area contributed by atoms with Gasteiger partial charge in [-0.25, -0.2) is 4.39 Å². The quantitative estimate of drug-likeness (QED) is 0.820. The van der Waals surface area contributed by atoms with Crippen LogP contribution in [0.25, 0.3) is 0 Å². The van der Waals surface area contributed by atoms with E-state index in [1.807, 2.05) is 27.7 Å². The molecule has 1 aromatic carbocycles. The fourth-order valence-electron chi connectivity index (χ4n) is 2.31. The van der Waals surface area contributed by atoms with Gasteiger partial charge in [0.2, 0.25) is 0 Å². The van der Waals surface area contributed by atoms with Crippen LogP contribution in [-0.4, -0.2) is 17.0 Å². The number of hydrogen-bond donors (Lipinski definition) is 1. The van der Waals surface area contributed by atoms with Gasteiger partial charge in [-0.3, -0.25) is 0 Å². The fraction of sp³-hybridized carbons (Fsp3) is 0.538. The van der Waals surface area contributed by atoms with Gasteiger partial charge in [0.05, 0.1) is 6.10 Å². The van der Waals surface area contributed by atoms with Gasteiger partial charge in [0.15, 0.2) is 5.79 Å². The molecule has 94 valence electrons. The zero-order valence-corrected chi connectivity index (χ0v) is 10.5. The summed E-state index contributed by atoms with van der Waals surface area (Å²) >= 11 is 0. The fourth-order valence-corrected chi connectivity index (χ4v) is 2.31. The molecule has 0 aliphatic carbocycles. The molecule has 1 N–H and O–H groups in total. The lowest BCUT2D eigenvalue weighted by Gasteiger charge is -2.28. The standard InChI is InChI=1S/C13H17FO3/c1-8-13(4,17-12(2,3)16-8)9-5-10(14)7-11(15)6-9/h5-8,15H,1-4H3. The van der Waals surface area contributed by atoms with Crippen molar-refractivity contribution >= 4 is 0 Å². The van der Waals surface area contributed by atoms with Crippen molar-refractivity contribution in [1.82, 2.24) is 0 Å². The summed E-state index contributed by atoms with van der Waals surface area (Å²) in [5.74, 6) is -1.31. The lowest BCUT2D eigenvalue weighted by atomic mass is 9.91. The van der Waals surface area contributed by atoms with Crippen molar-refractivity contribution in [3.05, 3.63) is 29.6 Å². The van der Waals surface area contributed by atoms with E-state index in [0.29, 0.717) is 5.56 Å². The molecule has 2 unspecified atom stereocenters. The molecule has 0 radical (unpaired) electrons. The highest BCUT2D eigenvalue weighted by atomic mass is 19.1. The topological polar surface area (TPSA) is 38.7 Å². The van der Waals surface area contributed by atoms with Crippen molar-refractivity contribution in [1.29, 1.82) is 0 Å². The second kappa shape index (κ2) is 3.68. The third kappa shape index (κ3) is 2.15. The summed E-state index contributed by atoms with van der Waals surface area (Å²) in [5.41, 5.74) is -0.184. The molecular formula is C13H17FO3. The molecule has 1 aromatic rings. The normalized spacial score (nSPS) is 31.7. The van der Waals surface area contributed by atoms with Crippen molar-refractivity contribution in [2.75, 3.05) is 0 Å². The van der Waals surface area contributed by atoms with Gasteiger partial charge in [0, 0.05) is 6.07 Å². The molecule has 0 aromatic heterocycles. The molecule has 1 heterocycles. The summed E-state index contributed by atoms with van der Waals surface area (Å²) in [5, 5.41) is 9.45. The van der Waals surface area contributed by atoms with Crippen LogP contribution in [0.1, 0.15) is 33.3 Å². The van der Waals surface area contributed by atoms with Crippen LogP contribution >= 0.6 is 0 Å². The summed E-state index contributed by atoms with van der Waals surface area (Å²) in [6.45, 7) is 7.33. The highest BCUT2D eigenvalue weighted by molar-refractivity contribution is 5.33. The van der Waals surface area contributed by atoms with E-state index in [2.05, 4.69) is 0 Å². The first kappa shape index (κ1) is 12.3. The zero-order chi connectivity index (χ0) is 12.8. The van der Waals surface area contributed by atoms with Crippen LogP contribution in [0, 0.1) is 5.82 Å². The van der Waals surface area contributed by atoms with Gasteiger partial charge in [-0.15, -0.1) is 0 Å². The highest BCUT2D eigenvalue weighted by Crippen LogP contribution is 2.43. The van der Waals surface area contributed by atoms with E-state index in [1.54, 1.807) is 0 Å². The average Bonchev–Trinajstić information content (AvgIpc) is 2.34. The smallest absolute Gasteiger partial charge is 0.164 e. The Morgan fingerprint density at radius 3 is 2.35 bits per heavy atom. The third-order valence-corrected chi connectivity index (χ3v) is 3.15. The molecule has 3 nitrogen and oxygen atoms in total. The summed E-state index contributed by atoms with van der Waals surface area (Å²) in [6, 6.07) is 3.93. The Kier molecular flexibility index (Phi) is 2.67. The number of phenols is 1. The lowest BCUT2D eigenvalue weighted by molar-refractivity contribution is -0.161. The Labute approximate surface area is 100 Å². The van der Waals surface area contributed by atoms with Gasteiger partial charge in [0.1, 0.15) is 17.2 Å². The Balaban J connectivity index is 2.45. The van der Waals surface area contributed by atoms with Crippen LogP contribution in [-0.2, 0) is 15.1 Å². The van der Waals surface area contributed by atoms with Crippen LogP contribution in [0.3, 0.4) is 0 Å². The van der Waals surface area contributed by atoms with Crippen molar-refractivity contribution in [2.24, 2.45) is 0 Å². The van der Waals surface area contributed by atoms with Crippen molar-refractivity contribution < 1.29 is 19.0 Å². The molecule has 0 bridgehead atoms. The molecular weight excluding hydrogens is 223 g/mol. The van der Waals surface area contributed by atoms with Crippen molar-refractivity contribution in [3.8, 4) is 5.75 Å². The average molecular weight is 240 g/mol. The van der Waals surface area contributed by atoms with E-state index < -0.39 is 17.2 Å².